The Balaban J connectivity index is 1.47. The zero-order valence-corrected chi connectivity index (χ0v) is 20.6. The van der Waals surface area contributed by atoms with E-state index in [0.29, 0.717) is 39.4 Å². The van der Waals surface area contributed by atoms with Gasteiger partial charge in [-0.05, 0) is 60.5 Å². The normalized spacial score (nSPS) is 10.7. The third-order valence-corrected chi connectivity index (χ3v) is 5.43. The van der Waals surface area contributed by atoms with Gasteiger partial charge in [0, 0.05) is 16.3 Å². The number of nitrogens with zero attached hydrogens (tertiary/aromatic N) is 1. The molecule has 0 spiro atoms. The molecule has 3 aromatic carbocycles. The highest BCUT2D eigenvalue weighted by Gasteiger charge is 2.13. The number of hydrogen-bond acceptors (Lipinski definition) is 5. The topological polar surface area (TPSA) is 89.0 Å². The summed E-state index contributed by atoms with van der Waals surface area (Å²) in [6.45, 7) is 2.99. The fourth-order valence-corrected chi connectivity index (χ4v) is 3.29. The summed E-state index contributed by atoms with van der Waals surface area (Å²) in [6, 6.07) is 19.2. The maximum absolute atomic E-state index is 12.1. The quantitative estimate of drug-likeness (QED) is 0.154. The molecule has 0 saturated carbocycles. The third-order valence-electron chi connectivity index (χ3n) is 4.76. The highest BCUT2D eigenvalue weighted by Crippen LogP contribution is 2.27. The molecule has 35 heavy (non-hydrogen) atoms. The van der Waals surface area contributed by atoms with Crippen molar-refractivity contribution >= 4 is 46.9 Å². The van der Waals surface area contributed by atoms with Crippen molar-refractivity contribution < 1.29 is 19.1 Å². The summed E-state index contributed by atoms with van der Waals surface area (Å²) in [7, 11) is 0. The van der Waals surface area contributed by atoms with E-state index in [1.54, 1.807) is 48.5 Å². The zero-order chi connectivity index (χ0) is 25.0. The Bertz CT molecular complexity index is 1180. The molecule has 0 radical (unpaired) electrons. The van der Waals surface area contributed by atoms with E-state index in [2.05, 4.69) is 22.8 Å². The van der Waals surface area contributed by atoms with E-state index in [4.69, 9.17) is 32.7 Å². The molecule has 0 aliphatic carbocycles. The van der Waals surface area contributed by atoms with Crippen LogP contribution in [-0.2, 0) is 16.2 Å². The van der Waals surface area contributed by atoms with Gasteiger partial charge in [0.15, 0.2) is 0 Å². The number of unbranched alkanes of at least 4 members (excludes halogenated alkanes) is 1. The number of nitrogens with one attached hydrogen (secondary N) is 2. The number of hydrogen-bond donors (Lipinski definition) is 2. The molecule has 9 heteroatoms. The van der Waals surface area contributed by atoms with Crippen LogP contribution in [0, 0.1) is 0 Å². The minimum Gasteiger partial charge on any atom is -0.494 e. The van der Waals surface area contributed by atoms with Crippen molar-refractivity contribution in [3.8, 4) is 11.5 Å². The van der Waals surface area contributed by atoms with Crippen LogP contribution >= 0.6 is 23.2 Å². The average molecular weight is 514 g/mol. The van der Waals surface area contributed by atoms with E-state index >= 15 is 0 Å². The Labute approximate surface area is 214 Å². The first-order valence-corrected chi connectivity index (χ1v) is 11.7. The first kappa shape index (κ1) is 26.1. The van der Waals surface area contributed by atoms with Crippen molar-refractivity contribution in [2.75, 3.05) is 11.9 Å². The Morgan fingerprint density at radius 3 is 2.43 bits per heavy atom. The third kappa shape index (κ3) is 8.31. The predicted molar refractivity (Wildman–Crippen MR) is 138 cm³/mol. The van der Waals surface area contributed by atoms with Gasteiger partial charge in [0.2, 0.25) is 0 Å². The Morgan fingerprint density at radius 2 is 1.71 bits per heavy atom. The van der Waals surface area contributed by atoms with Gasteiger partial charge in [0.05, 0.1) is 17.8 Å². The SMILES string of the molecule is CCCCOc1ccc(NC(=O)C(=O)N/N=C\c2ccc(OCc3ccccc3Cl)c(Cl)c2)cc1. The van der Waals surface area contributed by atoms with E-state index in [0.717, 1.165) is 18.4 Å². The van der Waals surface area contributed by atoms with Gasteiger partial charge in [-0.1, -0.05) is 54.7 Å². The van der Waals surface area contributed by atoms with Crippen molar-refractivity contribution in [1.29, 1.82) is 0 Å². The van der Waals surface area contributed by atoms with Gasteiger partial charge in [-0.25, -0.2) is 5.43 Å². The number of ether oxygens (including phenoxy) is 2. The van der Waals surface area contributed by atoms with Crippen molar-refractivity contribution in [2.45, 2.75) is 26.4 Å². The van der Waals surface area contributed by atoms with Crippen molar-refractivity contribution in [2.24, 2.45) is 5.10 Å². The summed E-state index contributed by atoms with van der Waals surface area (Å²) < 4.78 is 11.3. The van der Waals surface area contributed by atoms with Gasteiger partial charge >= 0.3 is 11.8 Å². The van der Waals surface area contributed by atoms with Crippen molar-refractivity contribution in [1.82, 2.24) is 5.43 Å². The molecule has 2 amide bonds. The Kier molecular flexibility index (Phi) is 9.95. The first-order chi connectivity index (χ1) is 17.0. The molecule has 0 bridgehead atoms. The van der Waals surface area contributed by atoms with Gasteiger partial charge in [-0.2, -0.15) is 5.10 Å². The number of anilines is 1. The monoisotopic (exact) mass is 513 g/mol. The van der Waals surface area contributed by atoms with Gasteiger partial charge in [-0.3, -0.25) is 9.59 Å². The van der Waals surface area contributed by atoms with Crippen LogP contribution in [0.4, 0.5) is 5.69 Å². The van der Waals surface area contributed by atoms with E-state index < -0.39 is 11.8 Å². The molecule has 0 aliphatic heterocycles. The lowest BCUT2D eigenvalue weighted by molar-refractivity contribution is -0.136. The van der Waals surface area contributed by atoms with Gasteiger partial charge in [0.1, 0.15) is 18.1 Å². The Hall–Kier alpha value is -3.55. The minimum absolute atomic E-state index is 0.270. The fourth-order valence-electron chi connectivity index (χ4n) is 2.86. The smallest absolute Gasteiger partial charge is 0.329 e. The highest BCUT2D eigenvalue weighted by molar-refractivity contribution is 6.39. The van der Waals surface area contributed by atoms with E-state index in [9.17, 15) is 9.59 Å². The molecule has 7 nitrogen and oxygen atoms in total. The van der Waals surface area contributed by atoms with Crippen molar-refractivity contribution in [3.63, 3.8) is 0 Å². The molecule has 0 unspecified atom stereocenters. The second-order valence-electron chi connectivity index (χ2n) is 7.45. The predicted octanol–water partition coefficient (Wildman–Crippen LogP) is 5.84. The molecule has 0 saturated heterocycles. The molecule has 0 heterocycles. The largest absolute Gasteiger partial charge is 0.494 e. The maximum Gasteiger partial charge on any atom is 0.329 e. The number of halogens is 2. The molecule has 0 aliphatic rings. The standard InChI is InChI=1S/C26H25Cl2N3O4/c1-2-3-14-34-21-11-9-20(10-12-21)30-25(32)26(33)31-29-16-18-8-13-24(23(28)15-18)35-17-19-6-4-5-7-22(19)27/h4-13,15-16H,2-3,14,17H2,1H3,(H,30,32)(H,31,33)/b29-16-. The van der Waals surface area contributed by atoms with Crippen LogP contribution in [0.1, 0.15) is 30.9 Å². The summed E-state index contributed by atoms with van der Waals surface area (Å²) in [6.07, 6.45) is 3.38. The molecule has 2 N–H and O–H groups in total. The highest BCUT2D eigenvalue weighted by atomic mass is 35.5. The summed E-state index contributed by atoms with van der Waals surface area (Å²) in [4.78, 5) is 24.1. The summed E-state index contributed by atoms with van der Waals surface area (Å²) in [5.74, 6) is -0.572. The van der Waals surface area contributed by atoms with Crippen LogP contribution in [0.3, 0.4) is 0 Å². The molecule has 3 rings (SSSR count). The number of carbonyl (C=O) groups excluding carboxylic acids is 2. The van der Waals surface area contributed by atoms with Crippen LogP contribution < -0.4 is 20.2 Å². The fraction of sp³-hybridized carbons (Fsp3) is 0.192. The summed E-state index contributed by atoms with van der Waals surface area (Å²) in [5, 5.41) is 7.30. The van der Waals surface area contributed by atoms with Crippen LogP contribution in [-0.4, -0.2) is 24.6 Å². The second kappa shape index (κ2) is 13.4. The molecule has 182 valence electrons. The van der Waals surface area contributed by atoms with Crippen LogP contribution in [0.15, 0.2) is 71.8 Å². The number of hydrazone groups is 1. The van der Waals surface area contributed by atoms with E-state index in [1.165, 1.54) is 6.21 Å². The first-order valence-electron chi connectivity index (χ1n) is 11.0. The lowest BCUT2D eigenvalue weighted by Gasteiger charge is -2.09. The molecular weight excluding hydrogens is 489 g/mol. The summed E-state index contributed by atoms with van der Waals surface area (Å²) in [5.41, 5.74) is 4.11. The molecule has 0 fully saturated rings. The maximum atomic E-state index is 12.1. The molecule has 0 atom stereocenters. The van der Waals surface area contributed by atoms with E-state index in [1.807, 2.05) is 18.2 Å². The van der Waals surface area contributed by atoms with Crippen LogP contribution in [0.25, 0.3) is 0 Å². The second-order valence-corrected chi connectivity index (χ2v) is 8.26. The molecule has 3 aromatic rings. The number of carbonyl (C=O) groups is 2. The molecular formula is C26H25Cl2N3O4. The lowest BCUT2D eigenvalue weighted by Crippen LogP contribution is -2.32. The number of amides is 2. The minimum atomic E-state index is -0.907. The molecule has 0 aromatic heterocycles. The lowest BCUT2D eigenvalue weighted by atomic mass is 10.2. The van der Waals surface area contributed by atoms with Crippen LogP contribution in [0.5, 0.6) is 11.5 Å². The van der Waals surface area contributed by atoms with E-state index in [-0.39, 0.29) is 6.61 Å². The van der Waals surface area contributed by atoms with Crippen molar-refractivity contribution in [3.05, 3.63) is 87.9 Å². The van der Waals surface area contributed by atoms with Gasteiger partial charge in [0.25, 0.3) is 0 Å². The van der Waals surface area contributed by atoms with Gasteiger partial charge < -0.3 is 14.8 Å². The average Bonchev–Trinajstić information content (AvgIpc) is 2.85. The van der Waals surface area contributed by atoms with Crippen LogP contribution in [0.2, 0.25) is 10.0 Å². The van der Waals surface area contributed by atoms with Gasteiger partial charge in [-0.15, -0.1) is 0 Å². The number of benzene rings is 3. The Morgan fingerprint density at radius 1 is 0.943 bits per heavy atom. The zero-order valence-electron chi connectivity index (χ0n) is 19.1. The summed E-state index contributed by atoms with van der Waals surface area (Å²) >= 11 is 12.4. The number of rotatable bonds is 10.